The molecule has 0 bridgehead atoms. The van der Waals surface area contributed by atoms with E-state index >= 15 is 0 Å². The molecule has 1 saturated heterocycles. The number of aromatic nitrogens is 4. The maximum Gasteiger partial charge on any atom is 0.410 e. The maximum atomic E-state index is 14.5. The third-order valence-corrected chi connectivity index (χ3v) is 4.10. The van der Waals surface area contributed by atoms with Gasteiger partial charge in [0.25, 0.3) is 5.92 Å². The summed E-state index contributed by atoms with van der Waals surface area (Å²) in [5.41, 5.74) is -0.179. The third-order valence-electron chi connectivity index (χ3n) is 4.10. The lowest BCUT2D eigenvalue weighted by molar-refractivity contribution is -0.106. The van der Waals surface area contributed by atoms with Gasteiger partial charge in [-0.1, -0.05) is 0 Å². The molecule has 0 spiro atoms. The summed E-state index contributed by atoms with van der Waals surface area (Å²) in [6.45, 7) is 4.68. The normalized spacial score (nSPS) is 20.2. The fourth-order valence-corrected chi connectivity index (χ4v) is 2.76. The second-order valence-corrected chi connectivity index (χ2v) is 7.40. The summed E-state index contributed by atoms with van der Waals surface area (Å²) >= 11 is 0. The van der Waals surface area contributed by atoms with E-state index in [2.05, 4.69) is 25.5 Å². The molecule has 2 aromatic rings. The largest absolute Gasteiger partial charge is 0.444 e. The molecule has 0 aromatic carbocycles. The summed E-state index contributed by atoms with van der Waals surface area (Å²) in [7, 11) is 0. The Hall–Kier alpha value is -2.52. The van der Waals surface area contributed by atoms with Crippen LogP contribution in [0.25, 0.3) is 11.0 Å². The van der Waals surface area contributed by atoms with Crippen molar-refractivity contribution in [3.05, 3.63) is 12.4 Å². The van der Waals surface area contributed by atoms with Crippen LogP contribution in [0.1, 0.15) is 27.2 Å². The monoisotopic (exact) mass is 368 g/mol. The molecule has 1 fully saturated rings. The van der Waals surface area contributed by atoms with Crippen LogP contribution in [0.2, 0.25) is 0 Å². The standard InChI is InChI=1S/C16H22F2N6O2/c1-15(2,3)26-14(25)24-5-4-11(16(17,18)9-24)8-20-13-19-6-10-7-21-23-12(10)22-13/h6-7,11H,4-5,8-9H2,1-3H3,(H2,19,20,21,22,23). The number of H-pyrrole nitrogens is 1. The Labute approximate surface area is 149 Å². The first-order chi connectivity index (χ1) is 12.1. The minimum Gasteiger partial charge on any atom is -0.444 e. The van der Waals surface area contributed by atoms with E-state index in [0.717, 1.165) is 10.3 Å². The number of anilines is 1. The summed E-state index contributed by atoms with van der Waals surface area (Å²) in [6.07, 6.45) is 2.60. The molecule has 1 aliphatic heterocycles. The van der Waals surface area contributed by atoms with E-state index in [4.69, 9.17) is 4.74 Å². The van der Waals surface area contributed by atoms with Gasteiger partial charge in [-0.25, -0.2) is 18.6 Å². The highest BCUT2D eigenvalue weighted by Crippen LogP contribution is 2.33. The fourth-order valence-electron chi connectivity index (χ4n) is 2.76. The summed E-state index contributed by atoms with van der Waals surface area (Å²) in [5, 5.41) is 10.1. The van der Waals surface area contributed by atoms with E-state index < -0.39 is 30.1 Å². The molecule has 0 saturated carbocycles. The van der Waals surface area contributed by atoms with Crippen LogP contribution in [-0.4, -0.2) is 62.3 Å². The Morgan fingerprint density at radius 2 is 2.23 bits per heavy atom. The number of aromatic amines is 1. The highest BCUT2D eigenvalue weighted by molar-refractivity contribution is 5.73. The molecule has 1 aliphatic rings. The lowest BCUT2D eigenvalue weighted by atomic mass is 9.93. The zero-order chi connectivity index (χ0) is 18.9. The summed E-state index contributed by atoms with van der Waals surface area (Å²) < 4.78 is 34.1. The lowest BCUT2D eigenvalue weighted by Crippen LogP contribution is -2.53. The van der Waals surface area contributed by atoms with Crippen molar-refractivity contribution in [2.75, 3.05) is 25.0 Å². The molecule has 8 nitrogen and oxygen atoms in total. The number of nitrogens with one attached hydrogen (secondary N) is 2. The Morgan fingerprint density at radius 1 is 1.46 bits per heavy atom. The van der Waals surface area contributed by atoms with E-state index in [9.17, 15) is 13.6 Å². The second-order valence-electron chi connectivity index (χ2n) is 7.40. The van der Waals surface area contributed by atoms with Crippen LogP contribution < -0.4 is 5.32 Å². The Bertz CT molecular complexity index is 788. The van der Waals surface area contributed by atoms with Crippen molar-refractivity contribution in [3.8, 4) is 0 Å². The van der Waals surface area contributed by atoms with Crippen molar-refractivity contribution >= 4 is 23.1 Å². The molecule has 10 heteroatoms. The van der Waals surface area contributed by atoms with Crippen LogP contribution in [0.15, 0.2) is 12.4 Å². The van der Waals surface area contributed by atoms with E-state index in [1.54, 1.807) is 33.2 Å². The quantitative estimate of drug-likeness (QED) is 0.865. The number of piperidine rings is 1. The third kappa shape index (κ3) is 4.17. The number of likely N-dealkylation sites (tertiary alicyclic amines) is 1. The molecule has 3 heterocycles. The van der Waals surface area contributed by atoms with Gasteiger partial charge in [0, 0.05) is 25.2 Å². The number of hydrogen-bond donors (Lipinski definition) is 2. The van der Waals surface area contributed by atoms with E-state index in [1.165, 1.54) is 0 Å². The molecule has 26 heavy (non-hydrogen) atoms. The lowest BCUT2D eigenvalue weighted by Gasteiger charge is -2.38. The summed E-state index contributed by atoms with van der Waals surface area (Å²) in [4.78, 5) is 21.3. The minimum atomic E-state index is -3.03. The molecule has 1 unspecified atom stereocenters. The Morgan fingerprint density at radius 3 is 2.92 bits per heavy atom. The van der Waals surface area contributed by atoms with Gasteiger partial charge in [-0.05, 0) is 27.2 Å². The van der Waals surface area contributed by atoms with E-state index in [1.807, 2.05) is 0 Å². The average Bonchev–Trinajstić information content (AvgIpc) is 2.99. The van der Waals surface area contributed by atoms with Crippen LogP contribution >= 0.6 is 0 Å². The zero-order valence-corrected chi connectivity index (χ0v) is 14.9. The number of alkyl halides is 2. The van der Waals surface area contributed by atoms with Crippen LogP contribution in [0.4, 0.5) is 19.5 Å². The van der Waals surface area contributed by atoms with Gasteiger partial charge in [0.05, 0.1) is 18.1 Å². The molecular formula is C16H22F2N6O2. The number of amides is 1. The van der Waals surface area contributed by atoms with E-state index in [0.29, 0.717) is 5.65 Å². The van der Waals surface area contributed by atoms with Gasteiger partial charge in [-0.2, -0.15) is 10.1 Å². The van der Waals surface area contributed by atoms with Crippen molar-refractivity contribution in [1.82, 2.24) is 25.1 Å². The van der Waals surface area contributed by atoms with Gasteiger partial charge in [-0.15, -0.1) is 0 Å². The number of carbonyl (C=O) groups is 1. The molecule has 1 amide bonds. The molecular weight excluding hydrogens is 346 g/mol. The highest BCUT2D eigenvalue weighted by Gasteiger charge is 2.46. The molecule has 1 atom stereocenters. The second kappa shape index (κ2) is 6.65. The SMILES string of the molecule is CC(C)(C)OC(=O)N1CCC(CNc2ncc3cn[nH]c3n2)C(F)(F)C1. The average molecular weight is 368 g/mol. The highest BCUT2D eigenvalue weighted by atomic mass is 19.3. The smallest absolute Gasteiger partial charge is 0.410 e. The first-order valence-electron chi connectivity index (χ1n) is 8.40. The Balaban J connectivity index is 1.58. The van der Waals surface area contributed by atoms with Crippen molar-refractivity contribution in [2.45, 2.75) is 38.7 Å². The predicted octanol–water partition coefficient (Wildman–Crippen LogP) is 2.66. The van der Waals surface area contributed by atoms with Gasteiger partial charge in [-0.3, -0.25) is 5.10 Å². The minimum absolute atomic E-state index is 0.00873. The van der Waals surface area contributed by atoms with Gasteiger partial charge in [0.1, 0.15) is 5.60 Å². The number of rotatable bonds is 3. The predicted molar refractivity (Wildman–Crippen MR) is 91.0 cm³/mol. The van der Waals surface area contributed by atoms with Crippen LogP contribution in [0.3, 0.4) is 0 Å². The topological polar surface area (TPSA) is 96.0 Å². The van der Waals surface area contributed by atoms with Crippen LogP contribution in [0.5, 0.6) is 0 Å². The first-order valence-corrected chi connectivity index (χ1v) is 8.40. The van der Waals surface area contributed by atoms with Gasteiger partial charge >= 0.3 is 6.09 Å². The van der Waals surface area contributed by atoms with E-state index in [-0.39, 0.29) is 25.5 Å². The number of ether oxygens (including phenoxy) is 1. The van der Waals surface area contributed by atoms with Gasteiger partial charge in [0.15, 0.2) is 5.65 Å². The van der Waals surface area contributed by atoms with Gasteiger partial charge < -0.3 is 15.0 Å². The molecule has 3 rings (SSSR count). The van der Waals surface area contributed by atoms with Gasteiger partial charge in [0.2, 0.25) is 5.95 Å². The summed E-state index contributed by atoms with van der Waals surface area (Å²) in [5.74, 6) is -3.70. The molecule has 2 aromatic heterocycles. The first kappa shape index (κ1) is 18.3. The molecule has 0 radical (unpaired) electrons. The maximum absolute atomic E-state index is 14.5. The molecule has 0 aliphatic carbocycles. The van der Waals surface area contributed by atoms with Crippen LogP contribution in [0, 0.1) is 5.92 Å². The molecule has 142 valence electrons. The van der Waals surface area contributed by atoms with Crippen molar-refractivity contribution in [3.63, 3.8) is 0 Å². The number of carbonyl (C=O) groups excluding carboxylic acids is 1. The number of nitrogens with zero attached hydrogens (tertiary/aromatic N) is 4. The number of fused-ring (bicyclic) bond motifs is 1. The van der Waals surface area contributed by atoms with Crippen molar-refractivity contribution in [2.24, 2.45) is 5.92 Å². The molecule has 2 N–H and O–H groups in total. The van der Waals surface area contributed by atoms with Crippen molar-refractivity contribution in [1.29, 1.82) is 0 Å². The van der Waals surface area contributed by atoms with Crippen molar-refractivity contribution < 1.29 is 18.3 Å². The Kier molecular flexibility index (Phi) is 4.68. The van der Waals surface area contributed by atoms with Crippen LogP contribution in [-0.2, 0) is 4.74 Å². The number of hydrogen-bond acceptors (Lipinski definition) is 6. The fraction of sp³-hybridized carbons (Fsp3) is 0.625. The number of halogens is 2. The summed E-state index contributed by atoms with van der Waals surface area (Å²) in [6, 6.07) is 0. The zero-order valence-electron chi connectivity index (χ0n) is 14.9.